The number of benzene rings is 1. The molecule has 2 atom stereocenters. The van der Waals surface area contributed by atoms with Crippen LogP contribution in [0.15, 0.2) is 24.3 Å². The number of hydrogen-bond acceptors (Lipinski definition) is 3. The van der Waals surface area contributed by atoms with Crippen LogP contribution in [0, 0.1) is 5.92 Å². The van der Waals surface area contributed by atoms with Crippen molar-refractivity contribution in [3.63, 3.8) is 0 Å². The molecule has 0 fully saturated rings. The molecule has 0 saturated carbocycles. The van der Waals surface area contributed by atoms with Gasteiger partial charge in [-0.15, -0.1) is 12.4 Å². The van der Waals surface area contributed by atoms with E-state index in [0.29, 0.717) is 0 Å². The molecule has 0 aromatic heterocycles. The van der Waals surface area contributed by atoms with E-state index in [0.717, 1.165) is 17.9 Å². The summed E-state index contributed by atoms with van der Waals surface area (Å²) >= 11 is 0. The number of hydrogen-bond donors (Lipinski definition) is 2. The van der Waals surface area contributed by atoms with Crippen molar-refractivity contribution in [3.05, 3.63) is 24.3 Å². The maximum Gasteiger partial charge on any atom is 0.241 e. The van der Waals surface area contributed by atoms with Gasteiger partial charge in [0.25, 0.3) is 0 Å². The molecule has 0 radical (unpaired) electrons. The van der Waals surface area contributed by atoms with Crippen LogP contribution in [-0.2, 0) is 4.79 Å². The lowest BCUT2D eigenvalue weighted by atomic mass is 9.99. The SMILES string of the molecule is CCC(C)C(N)C(=O)Nc1ccc(OC(C)(C)C)cc1.Cl. The van der Waals surface area contributed by atoms with E-state index < -0.39 is 6.04 Å². The highest BCUT2D eigenvalue weighted by molar-refractivity contribution is 5.94. The summed E-state index contributed by atoms with van der Waals surface area (Å²) in [6.07, 6.45) is 0.882. The molecule has 0 spiro atoms. The van der Waals surface area contributed by atoms with Gasteiger partial charge in [0.05, 0.1) is 6.04 Å². The summed E-state index contributed by atoms with van der Waals surface area (Å²) in [4.78, 5) is 12.0. The fourth-order valence-electron chi connectivity index (χ4n) is 1.70. The first-order chi connectivity index (χ1) is 9.23. The van der Waals surface area contributed by atoms with Crippen molar-refractivity contribution in [2.24, 2.45) is 11.7 Å². The van der Waals surface area contributed by atoms with Crippen LogP contribution < -0.4 is 15.8 Å². The number of amides is 1. The molecule has 1 rings (SSSR count). The molecule has 3 N–H and O–H groups in total. The molecule has 120 valence electrons. The standard InChI is InChI=1S/C16H26N2O2.ClH/c1-6-11(2)14(17)15(19)18-12-7-9-13(10-8-12)20-16(3,4)5;/h7-11,14H,6,17H2,1-5H3,(H,18,19);1H. The van der Waals surface area contributed by atoms with Gasteiger partial charge in [0, 0.05) is 5.69 Å². The van der Waals surface area contributed by atoms with Crippen LogP contribution in [0.4, 0.5) is 5.69 Å². The molecule has 0 heterocycles. The molecule has 0 bridgehead atoms. The summed E-state index contributed by atoms with van der Waals surface area (Å²) in [5.74, 6) is 0.795. The van der Waals surface area contributed by atoms with Gasteiger partial charge in [0.1, 0.15) is 11.4 Å². The molecule has 2 unspecified atom stereocenters. The number of nitrogens with one attached hydrogen (secondary N) is 1. The van der Waals surface area contributed by atoms with Gasteiger partial charge in [-0.2, -0.15) is 0 Å². The van der Waals surface area contributed by atoms with Crippen molar-refractivity contribution >= 4 is 24.0 Å². The number of halogens is 1. The van der Waals surface area contributed by atoms with Crippen LogP contribution in [-0.4, -0.2) is 17.6 Å². The molecule has 21 heavy (non-hydrogen) atoms. The van der Waals surface area contributed by atoms with E-state index >= 15 is 0 Å². The van der Waals surface area contributed by atoms with E-state index in [-0.39, 0.29) is 29.8 Å². The maximum absolute atomic E-state index is 12.0. The van der Waals surface area contributed by atoms with Gasteiger partial charge in [0.2, 0.25) is 5.91 Å². The predicted molar refractivity (Wildman–Crippen MR) is 90.1 cm³/mol. The third-order valence-corrected chi connectivity index (χ3v) is 3.11. The minimum Gasteiger partial charge on any atom is -0.488 e. The Morgan fingerprint density at radius 3 is 2.24 bits per heavy atom. The Bertz CT molecular complexity index is 441. The Kier molecular flexibility index (Phi) is 7.75. The predicted octanol–water partition coefficient (Wildman–Crippen LogP) is 3.60. The van der Waals surface area contributed by atoms with Crippen LogP contribution in [0.5, 0.6) is 5.75 Å². The first-order valence-corrected chi connectivity index (χ1v) is 7.08. The molecule has 4 nitrogen and oxygen atoms in total. The van der Waals surface area contributed by atoms with Gasteiger partial charge >= 0.3 is 0 Å². The lowest BCUT2D eigenvalue weighted by Gasteiger charge is -2.21. The first-order valence-electron chi connectivity index (χ1n) is 7.08. The highest BCUT2D eigenvalue weighted by Gasteiger charge is 2.19. The van der Waals surface area contributed by atoms with Crippen molar-refractivity contribution < 1.29 is 9.53 Å². The summed E-state index contributed by atoms with van der Waals surface area (Å²) in [6, 6.07) is 6.85. The number of nitrogens with two attached hydrogens (primary N) is 1. The van der Waals surface area contributed by atoms with E-state index in [1.165, 1.54) is 0 Å². The van der Waals surface area contributed by atoms with Gasteiger partial charge in [-0.1, -0.05) is 20.3 Å². The minimum absolute atomic E-state index is 0. The summed E-state index contributed by atoms with van der Waals surface area (Å²) < 4.78 is 5.73. The zero-order chi connectivity index (χ0) is 15.3. The molecule has 0 saturated heterocycles. The summed E-state index contributed by atoms with van der Waals surface area (Å²) in [5.41, 5.74) is 6.39. The Balaban J connectivity index is 0.00000400. The monoisotopic (exact) mass is 314 g/mol. The Hall–Kier alpha value is -1.26. The lowest BCUT2D eigenvalue weighted by molar-refractivity contribution is -0.118. The molecular weight excluding hydrogens is 288 g/mol. The van der Waals surface area contributed by atoms with Crippen LogP contribution >= 0.6 is 12.4 Å². The molecule has 0 aliphatic carbocycles. The molecule has 0 aliphatic heterocycles. The number of carbonyl (C=O) groups is 1. The second-order valence-electron chi connectivity index (χ2n) is 6.14. The van der Waals surface area contributed by atoms with E-state index in [1.54, 1.807) is 0 Å². The smallest absolute Gasteiger partial charge is 0.241 e. The van der Waals surface area contributed by atoms with Crippen LogP contribution in [0.2, 0.25) is 0 Å². The van der Waals surface area contributed by atoms with E-state index in [1.807, 2.05) is 58.9 Å². The Labute approximate surface area is 133 Å². The zero-order valence-electron chi connectivity index (χ0n) is 13.5. The second kappa shape index (κ2) is 8.25. The average Bonchev–Trinajstić information content (AvgIpc) is 2.37. The van der Waals surface area contributed by atoms with Gasteiger partial charge in [-0.3, -0.25) is 4.79 Å². The number of ether oxygens (including phenoxy) is 1. The van der Waals surface area contributed by atoms with Gasteiger partial charge in [-0.05, 0) is 51.0 Å². The van der Waals surface area contributed by atoms with Gasteiger partial charge in [-0.25, -0.2) is 0 Å². The summed E-state index contributed by atoms with van der Waals surface area (Å²) in [7, 11) is 0. The largest absolute Gasteiger partial charge is 0.488 e. The van der Waals surface area contributed by atoms with Crippen molar-refractivity contribution in [1.29, 1.82) is 0 Å². The highest BCUT2D eigenvalue weighted by atomic mass is 35.5. The molecule has 0 aliphatic rings. The third kappa shape index (κ3) is 6.82. The zero-order valence-corrected chi connectivity index (χ0v) is 14.3. The van der Waals surface area contributed by atoms with Crippen molar-refractivity contribution in [3.8, 4) is 5.75 Å². The van der Waals surface area contributed by atoms with E-state index in [2.05, 4.69) is 5.32 Å². The molecule has 1 aromatic rings. The average molecular weight is 315 g/mol. The van der Waals surface area contributed by atoms with Crippen LogP contribution in [0.25, 0.3) is 0 Å². The first kappa shape index (κ1) is 19.7. The van der Waals surface area contributed by atoms with Crippen molar-refractivity contribution in [2.45, 2.75) is 52.7 Å². The summed E-state index contributed by atoms with van der Waals surface area (Å²) in [5, 5.41) is 2.83. The Morgan fingerprint density at radius 1 is 1.29 bits per heavy atom. The normalized spacial score (nSPS) is 13.8. The highest BCUT2D eigenvalue weighted by Crippen LogP contribution is 2.20. The fraction of sp³-hybridized carbons (Fsp3) is 0.562. The van der Waals surface area contributed by atoms with Crippen molar-refractivity contribution in [2.75, 3.05) is 5.32 Å². The van der Waals surface area contributed by atoms with E-state index in [9.17, 15) is 4.79 Å². The number of carbonyl (C=O) groups excluding carboxylic acids is 1. The molecule has 1 amide bonds. The van der Waals surface area contributed by atoms with Gasteiger partial charge < -0.3 is 15.8 Å². The Morgan fingerprint density at radius 2 is 1.81 bits per heavy atom. The van der Waals surface area contributed by atoms with E-state index in [4.69, 9.17) is 10.5 Å². The molecular formula is C16H27ClN2O2. The molecule has 1 aromatic carbocycles. The fourth-order valence-corrected chi connectivity index (χ4v) is 1.70. The van der Waals surface area contributed by atoms with Crippen molar-refractivity contribution in [1.82, 2.24) is 0 Å². The number of rotatable bonds is 5. The maximum atomic E-state index is 12.0. The minimum atomic E-state index is -0.481. The van der Waals surface area contributed by atoms with Crippen LogP contribution in [0.3, 0.4) is 0 Å². The summed E-state index contributed by atoms with van der Waals surface area (Å²) in [6.45, 7) is 9.98. The third-order valence-electron chi connectivity index (χ3n) is 3.11. The number of anilines is 1. The van der Waals surface area contributed by atoms with Crippen LogP contribution in [0.1, 0.15) is 41.0 Å². The molecule has 5 heteroatoms. The quantitative estimate of drug-likeness (QED) is 0.872. The topological polar surface area (TPSA) is 64.4 Å². The lowest BCUT2D eigenvalue weighted by Crippen LogP contribution is -2.40. The second-order valence-corrected chi connectivity index (χ2v) is 6.14. The van der Waals surface area contributed by atoms with Gasteiger partial charge in [0.15, 0.2) is 0 Å².